The average molecular weight is 390 g/mol. The monoisotopic (exact) mass is 389 g/mol. The summed E-state index contributed by atoms with van der Waals surface area (Å²) in [7, 11) is 1.63. The Hall–Kier alpha value is -2.93. The van der Waals surface area contributed by atoms with Crippen LogP contribution in [0.15, 0.2) is 48.5 Å². The molecule has 0 saturated heterocycles. The lowest BCUT2D eigenvalue weighted by molar-refractivity contribution is -0.384. The van der Waals surface area contributed by atoms with Crippen molar-refractivity contribution in [2.24, 2.45) is 5.92 Å². The highest BCUT2D eigenvalue weighted by atomic mass is 35.5. The Bertz CT molecular complexity index is 855. The molecule has 2 aromatic rings. The second-order valence-electron chi connectivity index (χ2n) is 6.35. The van der Waals surface area contributed by atoms with Crippen molar-refractivity contribution in [1.29, 1.82) is 0 Å². The molecule has 0 spiro atoms. The summed E-state index contributed by atoms with van der Waals surface area (Å²) in [5.41, 5.74) is 0.398. The maximum absolute atomic E-state index is 12.9. The molecule has 142 valence electrons. The molecule has 1 atom stereocenters. The molecule has 0 radical (unpaired) electrons. The molecular formula is C19H20ClN3O4. The van der Waals surface area contributed by atoms with E-state index in [-0.39, 0.29) is 28.1 Å². The van der Waals surface area contributed by atoms with Gasteiger partial charge in [-0.2, -0.15) is 0 Å². The molecule has 0 aliphatic carbocycles. The van der Waals surface area contributed by atoms with E-state index in [1.807, 2.05) is 32.0 Å². The fourth-order valence-corrected chi connectivity index (χ4v) is 2.71. The second-order valence-corrected chi connectivity index (χ2v) is 6.76. The molecule has 0 aromatic heterocycles. The number of benzene rings is 2. The van der Waals surface area contributed by atoms with Crippen LogP contribution in [0.5, 0.6) is 0 Å². The molecule has 2 amide bonds. The van der Waals surface area contributed by atoms with Crippen LogP contribution >= 0.6 is 11.6 Å². The molecule has 0 aliphatic rings. The van der Waals surface area contributed by atoms with Crippen molar-refractivity contribution >= 4 is 34.8 Å². The van der Waals surface area contributed by atoms with E-state index in [9.17, 15) is 19.7 Å². The van der Waals surface area contributed by atoms with E-state index in [0.29, 0.717) is 5.69 Å². The zero-order chi connectivity index (χ0) is 20.1. The van der Waals surface area contributed by atoms with Gasteiger partial charge in [-0.25, -0.2) is 0 Å². The summed E-state index contributed by atoms with van der Waals surface area (Å²) in [5.74, 6) is -1.05. The Morgan fingerprint density at radius 1 is 1.15 bits per heavy atom. The molecule has 0 fully saturated rings. The minimum atomic E-state index is -0.794. The molecule has 7 nitrogen and oxygen atoms in total. The highest BCUT2D eigenvalue weighted by molar-refractivity contribution is 6.32. The first kappa shape index (κ1) is 20.4. The number of hydrogen-bond donors (Lipinski definition) is 1. The third-order valence-electron chi connectivity index (χ3n) is 4.10. The normalized spacial score (nSPS) is 11.7. The molecule has 0 heterocycles. The summed E-state index contributed by atoms with van der Waals surface area (Å²) < 4.78 is 0. The van der Waals surface area contributed by atoms with E-state index in [4.69, 9.17) is 11.6 Å². The number of halogens is 1. The topological polar surface area (TPSA) is 92.5 Å². The van der Waals surface area contributed by atoms with Crippen LogP contribution in [0, 0.1) is 16.0 Å². The maximum Gasteiger partial charge on any atom is 0.288 e. The summed E-state index contributed by atoms with van der Waals surface area (Å²) in [5, 5.41) is 13.6. The third kappa shape index (κ3) is 4.83. The lowest BCUT2D eigenvalue weighted by Gasteiger charge is -2.27. The van der Waals surface area contributed by atoms with Crippen molar-refractivity contribution in [3.63, 3.8) is 0 Å². The van der Waals surface area contributed by atoms with Gasteiger partial charge in [-0.1, -0.05) is 43.6 Å². The fourth-order valence-electron chi connectivity index (χ4n) is 2.52. The van der Waals surface area contributed by atoms with Crippen LogP contribution in [-0.2, 0) is 4.79 Å². The number of carbonyl (C=O) groups is 2. The van der Waals surface area contributed by atoms with E-state index in [0.717, 1.165) is 6.07 Å². The highest BCUT2D eigenvalue weighted by Gasteiger charge is 2.28. The van der Waals surface area contributed by atoms with Crippen molar-refractivity contribution in [2.45, 2.75) is 19.9 Å². The number of likely N-dealkylation sites (N-methyl/N-ethyl adjacent to an activating group) is 1. The van der Waals surface area contributed by atoms with Crippen molar-refractivity contribution in [3.05, 3.63) is 69.2 Å². The van der Waals surface area contributed by atoms with Crippen LogP contribution < -0.4 is 10.2 Å². The summed E-state index contributed by atoms with van der Waals surface area (Å²) in [6.07, 6.45) is 0. The molecule has 27 heavy (non-hydrogen) atoms. The van der Waals surface area contributed by atoms with Gasteiger partial charge in [0.25, 0.3) is 11.6 Å². The number of anilines is 1. The molecule has 0 bridgehead atoms. The lowest BCUT2D eigenvalue weighted by Crippen LogP contribution is -2.50. The van der Waals surface area contributed by atoms with Gasteiger partial charge in [0.2, 0.25) is 5.91 Å². The molecule has 0 aliphatic heterocycles. The molecule has 8 heteroatoms. The number of para-hydroxylation sites is 1. The van der Waals surface area contributed by atoms with Gasteiger partial charge in [-0.15, -0.1) is 0 Å². The third-order valence-corrected chi connectivity index (χ3v) is 4.42. The van der Waals surface area contributed by atoms with Gasteiger partial charge in [0, 0.05) is 24.4 Å². The van der Waals surface area contributed by atoms with E-state index in [1.54, 1.807) is 19.2 Å². The number of nitro benzene ring substituents is 1. The Morgan fingerprint density at radius 3 is 2.33 bits per heavy atom. The van der Waals surface area contributed by atoms with Crippen LogP contribution in [0.3, 0.4) is 0 Å². The fraction of sp³-hybridized carbons (Fsp3) is 0.263. The molecule has 2 rings (SSSR count). The molecule has 0 unspecified atom stereocenters. The summed E-state index contributed by atoms with van der Waals surface area (Å²) in [4.78, 5) is 37.2. The smallest absolute Gasteiger partial charge is 0.288 e. The van der Waals surface area contributed by atoms with Crippen LogP contribution in [0.25, 0.3) is 0 Å². The number of amides is 2. The van der Waals surface area contributed by atoms with Gasteiger partial charge < -0.3 is 10.2 Å². The molecule has 0 saturated carbocycles. The van der Waals surface area contributed by atoms with Crippen molar-refractivity contribution in [2.75, 3.05) is 11.9 Å². The van der Waals surface area contributed by atoms with Crippen molar-refractivity contribution < 1.29 is 14.5 Å². The highest BCUT2D eigenvalue weighted by Crippen LogP contribution is 2.25. The summed E-state index contributed by atoms with van der Waals surface area (Å²) >= 11 is 5.78. The van der Waals surface area contributed by atoms with Crippen LogP contribution in [0.2, 0.25) is 5.02 Å². The number of nitrogens with zero attached hydrogens (tertiary/aromatic N) is 2. The molecular weight excluding hydrogens is 370 g/mol. The van der Waals surface area contributed by atoms with E-state index < -0.39 is 16.9 Å². The Labute approximate surface area is 162 Å². The van der Waals surface area contributed by atoms with Crippen molar-refractivity contribution in [3.8, 4) is 0 Å². The quantitative estimate of drug-likeness (QED) is 0.602. The Kier molecular flexibility index (Phi) is 6.52. The van der Waals surface area contributed by atoms with Crippen molar-refractivity contribution in [1.82, 2.24) is 5.32 Å². The zero-order valence-corrected chi connectivity index (χ0v) is 15.9. The Balaban J connectivity index is 2.23. The van der Waals surface area contributed by atoms with Crippen LogP contribution in [0.1, 0.15) is 24.2 Å². The molecule has 1 N–H and O–H groups in total. The summed E-state index contributed by atoms with van der Waals surface area (Å²) in [6.45, 7) is 3.62. The number of carbonyl (C=O) groups excluding carboxylic acids is 2. The number of nitro groups is 1. The predicted octanol–water partition coefficient (Wildman–Crippen LogP) is 3.67. The number of rotatable bonds is 6. The zero-order valence-electron chi connectivity index (χ0n) is 15.2. The number of nitrogens with one attached hydrogen (secondary N) is 1. The summed E-state index contributed by atoms with van der Waals surface area (Å²) in [6, 6.07) is 12.0. The first-order valence-electron chi connectivity index (χ1n) is 8.29. The first-order valence-corrected chi connectivity index (χ1v) is 8.67. The minimum absolute atomic E-state index is 0.0585. The lowest BCUT2D eigenvalue weighted by atomic mass is 10.0. The average Bonchev–Trinajstić information content (AvgIpc) is 2.65. The van der Waals surface area contributed by atoms with E-state index in [2.05, 4.69) is 5.32 Å². The van der Waals surface area contributed by atoms with Gasteiger partial charge in [0.15, 0.2) is 0 Å². The largest absolute Gasteiger partial charge is 0.340 e. The SMILES string of the molecule is CC(C)[C@H](NC(=O)c1ccc(Cl)c([N+](=O)[O-])c1)C(=O)N(C)c1ccccc1. The van der Waals surface area contributed by atoms with Gasteiger partial charge in [0.1, 0.15) is 11.1 Å². The van der Waals surface area contributed by atoms with E-state index in [1.165, 1.54) is 17.0 Å². The van der Waals surface area contributed by atoms with Gasteiger partial charge in [-0.3, -0.25) is 19.7 Å². The number of hydrogen-bond acceptors (Lipinski definition) is 4. The Morgan fingerprint density at radius 2 is 1.78 bits per heavy atom. The first-order chi connectivity index (χ1) is 12.7. The minimum Gasteiger partial charge on any atom is -0.340 e. The van der Waals surface area contributed by atoms with Crippen LogP contribution in [0.4, 0.5) is 11.4 Å². The predicted molar refractivity (Wildman–Crippen MR) is 104 cm³/mol. The standard InChI is InChI=1S/C19H20ClN3O4/c1-12(2)17(19(25)22(3)14-7-5-4-6-8-14)21-18(24)13-9-10-15(20)16(11-13)23(26)27/h4-12,17H,1-3H3,(H,21,24)/t17-/m0/s1. The van der Waals surface area contributed by atoms with E-state index >= 15 is 0 Å². The van der Waals surface area contributed by atoms with Gasteiger partial charge >= 0.3 is 0 Å². The second kappa shape index (κ2) is 8.64. The van der Waals surface area contributed by atoms with Crippen LogP contribution in [-0.4, -0.2) is 29.8 Å². The molecule has 2 aromatic carbocycles. The van der Waals surface area contributed by atoms with Gasteiger partial charge in [0.05, 0.1) is 4.92 Å². The van der Waals surface area contributed by atoms with Gasteiger partial charge in [-0.05, 0) is 30.2 Å². The maximum atomic E-state index is 12.9.